The van der Waals surface area contributed by atoms with Gasteiger partial charge >= 0.3 is 5.97 Å². The van der Waals surface area contributed by atoms with E-state index in [1.54, 1.807) is 12.1 Å². The number of rotatable bonds is 4. The Morgan fingerprint density at radius 3 is 2.76 bits per heavy atom. The second-order valence-corrected chi connectivity index (χ2v) is 5.17. The molecule has 8 heteroatoms. The topological polar surface area (TPSA) is 107 Å². The number of carbonyl (C=O) groups excluding carboxylic acids is 2. The number of esters is 1. The summed E-state index contributed by atoms with van der Waals surface area (Å²) in [7, 11) is 0. The fraction of sp³-hybridized carbons (Fsp3) is 0.0769. The minimum absolute atomic E-state index is 0.0412. The number of aromatic nitrogens is 2. The van der Waals surface area contributed by atoms with Gasteiger partial charge in [-0.2, -0.15) is 0 Å². The first-order chi connectivity index (χ1) is 10.1. The van der Waals surface area contributed by atoms with E-state index >= 15 is 0 Å². The number of nitrogens with one attached hydrogen (secondary N) is 1. The molecule has 0 saturated carbocycles. The molecular formula is C13H11IN4O3. The van der Waals surface area contributed by atoms with Crippen LogP contribution in [0, 0.1) is 3.57 Å². The lowest BCUT2D eigenvalue weighted by Crippen LogP contribution is -2.22. The highest BCUT2D eigenvalue weighted by molar-refractivity contribution is 14.1. The van der Waals surface area contributed by atoms with Crippen molar-refractivity contribution in [3.63, 3.8) is 0 Å². The molecule has 1 aromatic heterocycles. The van der Waals surface area contributed by atoms with Crippen LogP contribution in [-0.2, 0) is 9.53 Å². The van der Waals surface area contributed by atoms with Crippen LogP contribution in [0.5, 0.6) is 0 Å². The average molecular weight is 398 g/mol. The Balaban J connectivity index is 1.90. The van der Waals surface area contributed by atoms with Crippen molar-refractivity contribution in [3.8, 4) is 0 Å². The molecule has 7 nitrogen and oxygen atoms in total. The fourth-order valence-electron chi connectivity index (χ4n) is 1.47. The van der Waals surface area contributed by atoms with Gasteiger partial charge < -0.3 is 15.8 Å². The summed E-state index contributed by atoms with van der Waals surface area (Å²) in [6.07, 6.45) is 2.68. The highest BCUT2D eigenvalue weighted by Gasteiger charge is 2.15. The molecule has 1 aromatic carbocycles. The Morgan fingerprint density at radius 2 is 2.05 bits per heavy atom. The van der Waals surface area contributed by atoms with Crippen molar-refractivity contribution in [1.29, 1.82) is 0 Å². The number of hydrogen-bond donors (Lipinski definition) is 2. The predicted molar refractivity (Wildman–Crippen MR) is 84.5 cm³/mol. The Labute approximate surface area is 134 Å². The van der Waals surface area contributed by atoms with E-state index in [9.17, 15) is 9.59 Å². The van der Waals surface area contributed by atoms with Crippen molar-refractivity contribution in [2.45, 2.75) is 0 Å². The Kier molecular flexibility index (Phi) is 5.04. The molecule has 0 aliphatic heterocycles. The van der Waals surface area contributed by atoms with E-state index in [0.717, 1.165) is 3.57 Å². The van der Waals surface area contributed by atoms with Crippen LogP contribution in [0.3, 0.4) is 0 Å². The summed E-state index contributed by atoms with van der Waals surface area (Å²) in [5.74, 6) is -1.29. The summed E-state index contributed by atoms with van der Waals surface area (Å²) in [6, 6.07) is 7.24. The predicted octanol–water partition coefficient (Wildman–Crippen LogP) is 1.46. The molecule has 0 radical (unpaired) electrons. The monoisotopic (exact) mass is 398 g/mol. The minimum atomic E-state index is -0.793. The highest BCUT2D eigenvalue weighted by Crippen LogP contribution is 2.12. The van der Waals surface area contributed by atoms with E-state index in [1.807, 2.05) is 12.1 Å². The molecule has 1 amide bonds. The summed E-state index contributed by atoms with van der Waals surface area (Å²) in [4.78, 5) is 30.9. The molecule has 0 atom stereocenters. The van der Waals surface area contributed by atoms with Gasteiger partial charge in [0.05, 0.1) is 0 Å². The molecule has 0 aliphatic rings. The zero-order valence-corrected chi connectivity index (χ0v) is 12.9. The minimum Gasteiger partial charge on any atom is -0.451 e. The standard InChI is InChI=1S/C13H11IN4O3/c14-8-2-1-3-9(6-8)18-10(19)7-21-13(20)11-12(15)17-5-4-16-11/h1-6H,7H2,(H2,15,17)(H,18,19). The number of benzene rings is 1. The van der Waals surface area contributed by atoms with Crippen LogP contribution in [0.4, 0.5) is 11.5 Å². The molecule has 0 aliphatic carbocycles. The number of nitrogen functional groups attached to an aromatic ring is 1. The van der Waals surface area contributed by atoms with E-state index in [2.05, 4.69) is 37.9 Å². The van der Waals surface area contributed by atoms with E-state index in [1.165, 1.54) is 12.4 Å². The molecule has 0 saturated heterocycles. The van der Waals surface area contributed by atoms with Gasteiger partial charge in [0.25, 0.3) is 5.91 Å². The first-order valence-corrected chi connectivity index (χ1v) is 6.93. The SMILES string of the molecule is Nc1nccnc1C(=O)OCC(=O)Nc1cccc(I)c1. The normalized spacial score (nSPS) is 9.95. The van der Waals surface area contributed by atoms with Crippen molar-refractivity contribution < 1.29 is 14.3 Å². The lowest BCUT2D eigenvalue weighted by atomic mass is 10.3. The van der Waals surface area contributed by atoms with Crippen molar-refractivity contribution in [3.05, 3.63) is 45.9 Å². The Bertz CT molecular complexity index is 678. The van der Waals surface area contributed by atoms with E-state index in [4.69, 9.17) is 10.5 Å². The Morgan fingerprint density at radius 1 is 1.29 bits per heavy atom. The summed E-state index contributed by atoms with van der Waals surface area (Å²) in [6.45, 7) is -0.430. The smallest absolute Gasteiger partial charge is 0.361 e. The van der Waals surface area contributed by atoms with Crippen molar-refractivity contribution in [2.24, 2.45) is 0 Å². The number of amides is 1. The van der Waals surface area contributed by atoms with Gasteiger partial charge in [-0.05, 0) is 40.8 Å². The Hall–Kier alpha value is -2.23. The van der Waals surface area contributed by atoms with E-state index < -0.39 is 18.5 Å². The van der Waals surface area contributed by atoms with Crippen LogP contribution in [0.2, 0.25) is 0 Å². The van der Waals surface area contributed by atoms with Crippen LogP contribution in [0.1, 0.15) is 10.5 Å². The maximum Gasteiger partial charge on any atom is 0.361 e. The van der Waals surface area contributed by atoms with Crippen LogP contribution in [0.25, 0.3) is 0 Å². The van der Waals surface area contributed by atoms with Gasteiger partial charge in [0.1, 0.15) is 0 Å². The van der Waals surface area contributed by atoms with Crippen LogP contribution < -0.4 is 11.1 Å². The van der Waals surface area contributed by atoms with Gasteiger partial charge in [0.15, 0.2) is 18.1 Å². The molecule has 2 aromatic rings. The number of hydrogen-bond acceptors (Lipinski definition) is 6. The third-order valence-corrected chi connectivity index (χ3v) is 3.03. The number of halogens is 1. The summed E-state index contributed by atoms with van der Waals surface area (Å²) in [5.41, 5.74) is 6.01. The molecule has 0 spiro atoms. The summed E-state index contributed by atoms with van der Waals surface area (Å²) >= 11 is 2.13. The largest absolute Gasteiger partial charge is 0.451 e. The molecule has 108 valence electrons. The van der Waals surface area contributed by atoms with Gasteiger partial charge in [-0.1, -0.05) is 6.07 Å². The van der Waals surface area contributed by atoms with Crippen LogP contribution >= 0.6 is 22.6 Å². The maximum atomic E-state index is 11.7. The zero-order chi connectivity index (χ0) is 15.2. The molecule has 21 heavy (non-hydrogen) atoms. The first kappa shape index (κ1) is 15.2. The van der Waals surface area contributed by atoms with Crippen LogP contribution in [0.15, 0.2) is 36.7 Å². The fourth-order valence-corrected chi connectivity index (χ4v) is 2.01. The van der Waals surface area contributed by atoms with E-state index in [0.29, 0.717) is 5.69 Å². The number of nitrogens with two attached hydrogens (primary N) is 1. The quantitative estimate of drug-likeness (QED) is 0.597. The average Bonchev–Trinajstić information content (AvgIpc) is 2.45. The number of nitrogens with zero attached hydrogens (tertiary/aromatic N) is 2. The second kappa shape index (κ2) is 6.97. The van der Waals surface area contributed by atoms with Gasteiger partial charge in [-0.3, -0.25) is 4.79 Å². The third-order valence-electron chi connectivity index (χ3n) is 2.36. The van der Waals surface area contributed by atoms with Crippen molar-refractivity contribution >= 4 is 46.0 Å². The van der Waals surface area contributed by atoms with Crippen molar-refractivity contribution in [2.75, 3.05) is 17.7 Å². The molecule has 0 fully saturated rings. The summed E-state index contributed by atoms with van der Waals surface area (Å²) in [5, 5.41) is 2.62. The lowest BCUT2D eigenvalue weighted by Gasteiger charge is -2.07. The molecule has 1 heterocycles. The van der Waals surface area contributed by atoms with Crippen molar-refractivity contribution in [1.82, 2.24) is 9.97 Å². The van der Waals surface area contributed by atoms with Gasteiger partial charge in [0, 0.05) is 21.7 Å². The molecule has 0 unspecified atom stereocenters. The van der Waals surface area contributed by atoms with Gasteiger partial charge in [-0.15, -0.1) is 0 Å². The lowest BCUT2D eigenvalue weighted by molar-refractivity contribution is -0.119. The van der Waals surface area contributed by atoms with E-state index in [-0.39, 0.29) is 11.5 Å². The van der Waals surface area contributed by atoms with Gasteiger partial charge in [0.2, 0.25) is 0 Å². The first-order valence-electron chi connectivity index (χ1n) is 5.85. The maximum absolute atomic E-state index is 11.7. The summed E-state index contributed by atoms with van der Waals surface area (Å²) < 4.78 is 5.82. The molecule has 0 bridgehead atoms. The van der Waals surface area contributed by atoms with Gasteiger partial charge in [-0.25, -0.2) is 14.8 Å². The molecule has 2 rings (SSSR count). The number of carbonyl (C=O) groups is 2. The number of ether oxygens (including phenoxy) is 1. The highest BCUT2D eigenvalue weighted by atomic mass is 127. The molecule has 3 N–H and O–H groups in total. The number of anilines is 2. The third kappa shape index (κ3) is 4.38. The molecular weight excluding hydrogens is 387 g/mol. The second-order valence-electron chi connectivity index (χ2n) is 3.92. The zero-order valence-electron chi connectivity index (χ0n) is 10.7. The van der Waals surface area contributed by atoms with Crippen LogP contribution in [-0.4, -0.2) is 28.5 Å².